The van der Waals surface area contributed by atoms with Crippen LogP contribution in [-0.4, -0.2) is 36.2 Å². The Labute approximate surface area is 133 Å². The number of amides is 1. The summed E-state index contributed by atoms with van der Waals surface area (Å²) in [6.07, 6.45) is -4.37. The third-order valence-electron chi connectivity index (χ3n) is 3.40. The van der Waals surface area contributed by atoms with E-state index in [1.54, 1.807) is 0 Å². The molecule has 1 rings (SSSR count). The highest BCUT2D eigenvalue weighted by Gasteiger charge is 2.30. The van der Waals surface area contributed by atoms with Gasteiger partial charge >= 0.3 is 6.18 Å². The number of carbonyl (C=O) groups is 1. The lowest BCUT2D eigenvalue weighted by atomic mass is 10.0. The zero-order chi connectivity index (χ0) is 17.6. The van der Waals surface area contributed by atoms with Crippen molar-refractivity contribution in [1.29, 1.82) is 0 Å². The first-order chi connectivity index (χ1) is 10.6. The van der Waals surface area contributed by atoms with Crippen molar-refractivity contribution in [2.45, 2.75) is 32.1 Å². The molecule has 0 saturated heterocycles. The second-order valence-electron chi connectivity index (χ2n) is 5.60. The van der Waals surface area contributed by atoms with E-state index in [1.807, 2.05) is 13.8 Å². The Balaban J connectivity index is 2.67. The van der Waals surface area contributed by atoms with Gasteiger partial charge in [-0.05, 0) is 30.2 Å². The lowest BCUT2D eigenvalue weighted by molar-refractivity contribution is -0.137. The van der Waals surface area contributed by atoms with Crippen LogP contribution in [0.1, 0.15) is 19.4 Å². The zero-order valence-corrected chi connectivity index (χ0v) is 13.0. The van der Waals surface area contributed by atoms with Crippen LogP contribution in [0.5, 0.6) is 0 Å². The van der Waals surface area contributed by atoms with E-state index < -0.39 is 30.3 Å². The summed E-state index contributed by atoms with van der Waals surface area (Å²) in [5.74, 6) is -0.365. The van der Waals surface area contributed by atoms with Crippen molar-refractivity contribution < 1.29 is 23.1 Å². The van der Waals surface area contributed by atoms with Crippen molar-refractivity contribution in [3.63, 3.8) is 0 Å². The molecule has 23 heavy (non-hydrogen) atoms. The van der Waals surface area contributed by atoms with Gasteiger partial charge in [-0.15, -0.1) is 0 Å². The van der Waals surface area contributed by atoms with Gasteiger partial charge in [0, 0.05) is 18.3 Å². The highest BCUT2D eigenvalue weighted by molar-refractivity contribution is 5.81. The topological polar surface area (TPSA) is 87.4 Å². The smallest absolute Gasteiger partial charge is 0.394 e. The molecule has 1 amide bonds. The third kappa shape index (κ3) is 6.07. The van der Waals surface area contributed by atoms with Crippen LogP contribution in [0, 0.1) is 5.92 Å². The number of carbonyl (C=O) groups excluding carboxylic acids is 1. The van der Waals surface area contributed by atoms with Gasteiger partial charge in [0.2, 0.25) is 5.91 Å². The molecule has 1 aromatic carbocycles. The molecule has 0 saturated carbocycles. The second kappa shape index (κ2) is 8.16. The standard InChI is InChI=1S/C15H22F3N3O2/c1-9(2)13(7-20-14(23)12(19)8-22)21-11-5-3-10(4-6-11)15(16,17)18/h3-6,9,12-13,21-22H,7-8,19H2,1-2H3,(H,20,23)/t12-,13-/m0/s1. The molecule has 0 radical (unpaired) electrons. The Hall–Kier alpha value is -1.80. The zero-order valence-electron chi connectivity index (χ0n) is 13.0. The summed E-state index contributed by atoms with van der Waals surface area (Å²) in [6, 6.07) is 3.51. The number of rotatable bonds is 7. The number of alkyl halides is 3. The molecule has 0 aliphatic carbocycles. The monoisotopic (exact) mass is 333 g/mol. The van der Waals surface area contributed by atoms with Crippen molar-refractivity contribution in [3.8, 4) is 0 Å². The summed E-state index contributed by atoms with van der Waals surface area (Å²) in [6.45, 7) is 3.62. The molecule has 5 nitrogen and oxygen atoms in total. The van der Waals surface area contributed by atoms with Crippen LogP contribution >= 0.6 is 0 Å². The van der Waals surface area contributed by atoms with E-state index in [0.29, 0.717) is 5.69 Å². The van der Waals surface area contributed by atoms with Gasteiger partial charge in [0.05, 0.1) is 12.2 Å². The molecule has 0 bridgehead atoms. The van der Waals surface area contributed by atoms with E-state index in [4.69, 9.17) is 10.8 Å². The van der Waals surface area contributed by atoms with Crippen molar-refractivity contribution in [3.05, 3.63) is 29.8 Å². The highest BCUT2D eigenvalue weighted by atomic mass is 19.4. The van der Waals surface area contributed by atoms with Gasteiger partial charge in [-0.2, -0.15) is 13.2 Å². The largest absolute Gasteiger partial charge is 0.416 e. The fraction of sp³-hybridized carbons (Fsp3) is 0.533. The first-order valence-electron chi connectivity index (χ1n) is 7.23. The van der Waals surface area contributed by atoms with Crippen LogP contribution in [-0.2, 0) is 11.0 Å². The van der Waals surface area contributed by atoms with E-state index in [0.717, 1.165) is 12.1 Å². The summed E-state index contributed by atoms with van der Waals surface area (Å²) < 4.78 is 37.6. The molecule has 0 aliphatic rings. The first-order valence-corrected chi connectivity index (χ1v) is 7.23. The van der Waals surface area contributed by atoms with Crippen LogP contribution in [0.15, 0.2) is 24.3 Å². The molecular weight excluding hydrogens is 311 g/mol. The molecule has 0 aliphatic heterocycles. The minimum Gasteiger partial charge on any atom is -0.394 e. The Morgan fingerprint density at radius 1 is 1.26 bits per heavy atom. The quantitative estimate of drug-likeness (QED) is 0.610. The van der Waals surface area contributed by atoms with E-state index in [1.165, 1.54) is 12.1 Å². The molecule has 8 heteroatoms. The molecule has 0 fully saturated rings. The van der Waals surface area contributed by atoms with Crippen LogP contribution in [0.25, 0.3) is 0 Å². The summed E-state index contributed by atoms with van der Waals surface area (Å²) in [4.78, 5) is 11.6. The lowest BCUT2D eigenvalue weighted by Gasteiger charge is -2.24. The molecule has 5 N–H and O–H groups in total. The molecule has 130 valence electrons. The van der Waals surface area contributed by atoms with Crippen LogP contribution in [0.3, 0.4) is 0 Å². The number of nitrogens with one attached hydrogen (secondary N) is 2. The Morgan fingerprint density at radius 3 is 2.26 bits per heavy atom. The third-order valence-corrected chi connectivity index (χ3v) is 3.40. The fourth-order valence-corrected chi connectivity index (χ4v) is 1.85. The number of nitrogens with two attached hydrogens (primary N) is 1. The molecule has 0 unspecified atom stereocenters. The van der Waals surface area contributed by atoms with Crippen molar-refractivity contribution >= 4 is 11.6 Å². The highest BCUT2D eigenvalue weighted by Crippen LogP contribution is 2.30. The number of benzene rings is 1. The summed E-state index contributed by atoms with van der Waals surface area (Å²) in [5, 5.41) is 14.5. The Bertz CT molecular complexity index is 504. The van der Waals surface area contributed by atoms with Gasteiger partial charge in [0.1, 0.15) is 6.04 Å². The average Bonchev–Trinajstić information content (AvgIpc) is 2.49. The number of aliphatic hydroxyl groups excluding tert-OH is 1. The van der Waals surface area contributed by atoms with Crippen LogP contribution in [0.4, 0.5) is 18.9 Å². The summed E-state index contributed by atoms with van der Waals surface area (Å²) >= 11 is 0. The predicted octanol–water partition coefficient (Wildman–Crippen LogP) is 1.58. The van der Waals surface area contributed by atoms with Gasteiger partial charge in [0.25, 0.3) is 0 Å². The minimum atomic E-state index is -4.37. The molecule has 2 atom stereocenters. The Kier molecular flexibility index (Phi) is 6.83. The molecule has 0 aromatic heterocycles. The molecule has 0 spiro atoms. The maximum absolute atomic E-state index is 12.5. The maximum Gasteiger partial charge on any atom is 0.416 e. The summed E-state index contributed by atoms with van der Waals surface area (Å²) in [5.41, 5.74) is 5.21. The number of anilines is 1. The number of hydrogen-bond donors (Lipinski definition) is 4. The number of hydrogen-bond acceptors (Lipinski definition) is 4. The number of halogens is 3. The predicted molar refractivity (Wildman–Crippen MR) is 81.8 cm³/mol. The van der Waals surface area contributed by atoms with Gasteiger partial charge < -0.3 is 21.5 Å². The van der Waals surface area contributed by atoms with E-state index in [9.17, 15) is 18.0 Å². The molecule has 1 aromatic rings. The van der Waals surface area contributed by atoms with Gasteiger partial charge in [0.15, 0.2) is 0 Å². The van der Waals surface area contributed by atoms with Crippen LogP contribution < -0.4 is 16.4 Å². The molecule has 0 heterocycles. The fourth-order valence-electron chi connectivity index (χ4n) is 1.85. The van der Waals surface area contributed by atoms with Crippen molar-refractivity contribution in [1.82, 2.24) is 5.32 Å². The van der Waals surface area contributed by atoms with Gasteiger partial charge in [-0.3, -0.25) is 4.79 Å². The lowest BCUT2D eigenvalue weighted by Crippen LogP contribution is -2.47. The van der Waals surface area contributed by atoms with E-state index in [2.05, 4.69) is 10.6 Å². The normalized spacial score (nSPS) is 14.4. The average molecular weight is 333 g/mol. The van der Waals surface area contributed by atoms with E-state index >= 15 is 0 Å². The second-order valence-corrected chi connectivity index (χ2v) is 5.60. The number of aliphatic hydroxyl groups is 1. The summed E-state index contributed by atoms with van der Waals surface area (Å²) in [7, 11) is 0. The Morgan fingerprint density at radius 2 is 1.83 bits per heavy atom. The van der Waals surface area contributed by atoms with Gasteiger partial charge in [-0.1, -0.05) is 13.8 Å². The minimum absolute atomic E-state index is 0.114. The van der Waals surface area contributed by atoms with Gasteiger partial charge in [-0.25, -0.2) is 0 Å². The van der Waals surface area contributed by atoms with E-state index in [-0.39, 0.29) is 18.5 Å². The SMILES string of the molecule is CC(C)[C@H](CNC(=O)[C@@H](N)CO)Nc1ccc(C(F)(F)F)cc1. The van der Waals surface area contributed by atoms with Crippen LogP contribution in [0.2, 0.25) is 0 Å². The van der Waals surface area contributed by atoms with Crippen molar-refractivity contribution in [2.24, 2.45) is 11.7 Å². The molecular formula is C15H22F3N3O2. The first kappa shape index (κ1) is 19.2. The maximum atomic E-state index is 12.5. The van der Waals surface area contributed by atoms with Crippen molar-refractivity contribution in [2.75, 3.05) is 18.5 Å².